The van der Waals surface area contributed by atoms with E-state index in [2.05, 4.69) is 15.2 Å². The number of methoxy groups -OCH3 is 1. The molecule has 1 atom stereocenters. The van der Waals surface area contributed by atoms with Crippen LogP contribution in [0.5, 0.6) is 0 Å². The van der Waals surface area contributed by atoms with Gasteiger partial charge in [-0.25, -0.2) is 4.68 Å². The number of aromatic nitrogens is 4. The van der Waals surface area contributed by atoms with Crippen LogP contribution in [-0.2, 0) is 22.2 Å². The van der Waals surface area contributed by atoms with E-state index in [-0.39, 0.29) is 23.8 Å². The Labute approximate surface area is 192 Å². The first kappa shape index (κ1) is 22.5. The molecule has 1 spiro atoms. The smallest absolute Gasteiger partial charge is 0.379 e. The number of halogens is 3. The molecule has 0 aliphatic carbocycles. The Kier molecular flexibility index (Phi) is 5.44. The van der Waals surface area contributed by atoms with Crippen LogP contribution in [0.25, 0.3) is 11.3 Å². The summed E-state index contributed by atoms with van der Waals surface area (Å²) in [6.45, 7) is 3.60. The van der Waals surface area contributed by atoms with E-state index in [1.54, 1.807) is 20.2 Å². The molecule has 0 amide bonds. The van der Waals surface area contributed by atoms with Crippen LogP contribution in [0.15, 0.2) is 39.9 Å². The lowest BCUT2D eigenvalue weighted by molar-refractivity contribution is -0.141. The predicted molar refractivity (Wildman–Crippen MR) is 113 cm³/mol. The topological polar surface area (TPSA) is 95.5 Å². The molecule has 0 radical (unpaired) electrons. The van der Waals surface area contributed by atoms with Crippen LogP contribution in [0, 0.1) is 6.92 Å². The van der Waals surface area contributed by atoms with Gasteiger partial charge < -0.3 is 18.9 Å². The second kappa shape index (κ2) is 8.20. The van der Waals surface area contributed by atoms with Gasteiger partial charge in [0.2, 0.25) is 0 Å². The van der Waals surface area contributed by atoms with Crippen molar-refractivity contribution >= 4 is 5.69 Å². The van der Waals surface area contributed by atoms with Crippen LogP contribution in [0.1, 0.15) is 23.4 Å². The Morgan fingerprint density at radius 3 is 2.68 bits per heavy atom. The summed E-state index contributed by atoms with van der Waals surface area (Å²) in [7, 11) is 1.67. The second-order valence-corrected chi connectivity index (χ2v) is 8.62. The lowest BCUT2D eigenvalue weighted by atomic mass is 9.90. The summed E-state index contributed by atoms with van der Waals surface area (Å²) in [5.41, 5.74) is 0.341. The zero-order valence-electron chi connectivity index (χ0n) is 18.5. The van der Waals surface area contributed by atoms with Gasteiger partial charge in [0.25, 0.3) is 5.56 Å². The van der Waals surface area contributed by atoms with Gasteiger partial charge >= 0.3 is 6.18 Å². The fourth-order valence-corrected chi connectivity index (χ4v) is 4.38. The van der Waals surface area contributed by atoms with Crippen molar-refractivity contribution < 1.29 is 27.2 Å². The molecule has 0 aromatic carbocycles. The zero-order valence-corrected chi connectivity index (χ0v) is 18.5. The number of rotatable bonds is 5. The summed E-state index contributed by atoms with van der Waals surface area (Å²) < 4.78 is 56.2. The maximum absolute atomic E-state index is 12.8. The van der Waals surface area contributed by atoms with E-state index >= 15 is 0 Å². The van der Waals surface area contributed by atoms with Crippen molar-refractivity contribution in [3.63, 3.8) is 0 Å². The number of nitrogens with zero attached hydrogens (tertiary/aromatic N) is 5. The van der Waals surface area contributed by atoms with E-state index < -0.39 is 11.9 Å². The number of anilines is 1. The molecule has 0 bridgehead atoms. The van der Waals surface area contributed by atoms with Crippen molar-refractivity contribution in [2.24, 2.45) is 0 Å². The predicted octanol–water partition coefficient (Wildman–Crippen LogP) is 2.66. The first-order chi connectivity index (χ1) is 16.2. The van der Waals surface area contributed by atoms with Crippen LogP contribution >= 0.6 is 0 Å². The van der Waals surface area contributed by atoms with Crippen molar-refractivity contribution in [1.29, 1.82) is 0 Å². The Hall–Kier alpha value is -3.25. The fraction of sp³-hybridized carbons (Fsp3) is 0.455. The van der Waals surface area contributed by atoms with Crippen LogP contribution in [0.2, 0.25) is 0 Å². The average Bonchev–Trinajstić information content (AvgIpc) is 3.38. The summed E-state index contributed by atoms with van der Waals surface area (Å²) in [5, 5.41) is 8.24. The summed E-state index contributed by atoms with van der Waals surface area (Å²) in [6.07, 6.45) is -0.931. The molecular formula is C22H22F3N5O4. The van der Waals surface area contributed by atoms with Crippen molar-refractivity contribution in [1.82, 2.24) is 19.9 Å². The number of alkyl halides is 3. The molecule has 12 heteroatoms. The van der Waals surface area contributed by atoms with Crippen molar-refractivity contribution in [2.45, 2.75) is 37.8 Å². The number of aryl methyl sites for hydroxylation is 1. The molecule has 3 aromatic heterocycles. The molecule has 5 heterocycles. The van der Waals surface area contributed by atoms with E-state index in [4.69, 9.17) is 14.0 Å². The minimum atomic E-state index is -4.54. The minimum Gasteiger partial charge on any atom is -0.379 e. The van der Waals surface area contributed by atoms with Crippen LogP contribution in [-0.4, -0.2) is 58.4 Å². The van der Waals surface area contributed by atoms with Gasteiger partial charge in [-0.15, -0.1) is 0 Å². The van der Waals surface area contributed by atoms with Gasteiger partial charge in [-0.05, 0) is 19.1 Å². The van der Waals surface area contributed by atoms with Gasteiger partial charge in [0, 0.05) is 50.0 Å². The molecular weight excluding hydrogens is 455 g/mol. The highest BCUT2D eigenvalue weighted by Gasteiger charge is 2.50. The highest BCUT2D eigenvalue weighted by molar-refractivity contribution is 5.62. The number of pyridine rings is 1. The SMILES string of the molecule is COC1COC2(C1)CN(c1cnn(Cc3c(-c4ccc(C(F)(F)F)nc4)noc3C)c(=O)c1)C2. The molecule has 2 fully saturated rings. The molecule has 34 heavy (non-hydrogen) atoms. The van der Waals surface area contributed by atoms with Gasteiger partial charge in [-0.2, -0.15) is 18.3 Å². The van der Waals surface area contributed by atoms with Crippen molar-refractivity contribution in [2.75, 3.05) is 31.7 Å². The van der Waals surface area contributed by atoms with Gasteiger partial charge in [0.1, 0.15) is 22.7 Å². The van der Waals surface area contributed by atoms with Crippen molar-refractivity contribution in [3.05, 3.63) is 58.0 Å². The summed E-state index contributed by atoms with van der Waals surface area (Å²) in [6, 6.07) is 3.66. The second-order valence-electron chi connectivity index (χ2n) is 8.62. The van der Waals surface area contributed by atoms with Crippen LogP contribution in [0.4, 0.5) is 18.9 Å². The van der Waals surface area contributed by atoms with Gasteiger partial charge in [0.05, 0.1) is 31.1 Å². The van der Waals surface area contributed by atoms with Gasteiger partial charge in [0.15, 0.2) is 0 Å². The molecule has 1 unspecified atom stereocenters. The molecule has 2 saturated heterocycles. The zero-order chi connectivity index (χ0) is 24.1. The monoisotopic (exact) mass is 477 g/mol. The average molecular weight is 477 g/mol. The Bertz CT molecular complexity index is 1250. The van der Waals surface area contributed by atoms with Crippen molar-refractivity contribution in [3.8, 4) is 11.3 Å². The number of hydrogen-bond acceptors (Lipinski definition) is 8. The molecule has 0 N–H and O–H groups in total. The van der Waals surface area contributed by atoms with E-state index in [1.165, 1.54) is 16.8 Å². The molecule has 5 rings (SSSR count). The Balaban J connectivity index is 1.32. The summed E-state index contributed by atoms with van der Waals surface area (Å²) in [4.78, 5) is 18.3. The molecule has 2 aliphatic heterocycles. The lowest BCUT2D eigenvalue weighted by Gasteiger charge is -2.48. The maximum Gasteiger partial charge on any atom is 0.433 e. The number of ether oxygens (including phenoxy) is 2. The standard InChI is InChI=1S/C22H22F3N5O4/c1-13-17(20(28-34-13)14-3-4-18(26-7-14)22(23,24)25)9-30-19(31)5-15(8-27-30)29-11-21(12-29)6-16(32-2)10-33-21/h3-5,7-8,16H,6,9-12H2,1-2H3. The van der Waals surface area contributed by atoms with E-state index in [1.807, 2.05) is 4.90 Å². The third kappa shape index (κ3) is 4.07. The normalized spacial score (nSPS) is 19.6. The Morgan fingerprint density at radius 2 is 2.06 bits per heavy atom. The maximum atomic E-state index is 12.8. The first-order valence-electron chi connectivity index (χ1n) is 10.7. The molecule has 180 valence electrons. The largest absolute Gasteiger partial charge is 0.433 e. The number of hydrogen-bond donors (Lipinski definition) is 0. The first-order valence-corrected chi connectivity index (χ1v) is 10.7. The third-order valence-electron chi connectivity index (χ3n) is 6.31. The highest BCUT2D eigenvalue weighted by atomic mass is 19.4. The third-order valence-corrected chi connectivity index (χ3v) is 6.31. The van der Waals surface area contributed by atoms with Crippen LogP contribution in [0.3, 0.4) is 0 Å². The summed E-state index contributed by atoms with van der Waals surface area (Å²) >= 11 is 0. The van der Waals surface area contributed by atoms with E-state index in [0.717, 1.165) is 18.7 Å². The Morgan fingerprint density at radius 1 is 1.26 bits per heavy atom. The van der Waals surface area contributed by atoms with Gasteiger partial charge in [-0.3, -0.25) is 9.78 Å². The quantitative estimate of drug-likeness (QED) is 0.554. The van der Waals surface area contributed by atoms with E-state index in [0.29, 0.717) is 48.0 Å². The van der Waals surface area contributed by atoms with Crippen LogP contribution < -0.4 is 10.5 Å². The van der Waals surface area contributed by atoms with E-state index in [9.17, 15) is 18.0 Å². The fourth-order valence-electron chi connectivity index (χ4n) is 4.38. The lowest BCUT2D eigenvalue weighted by Crippen LogP contribution is -2.62. The highest BCUT2D eigenvalue weighted by Crippen LogP contribution is 2.38. The molecule has 9 nitrogen and oxygen atoms in total. The molecule has 3 aromatic rings. The summed E-state index contributed by atoms with van der Waals surface area (Å²) in [5.74, 6) is 0.434. The minimum absolute atomic E-state index is 0.0490. The molecule has 0 saturated carbocycles. The van der Waals surface area contributed by atoms with Gasteiger partial charge in [-0.1, -0.05) is 5.16 Å². The molecule has 2 aliphatic rings.